The highest BCUT2D eigenvalue weighted by atomic mass is 35.5. The number of carboxylic acids is 6. The molecule has 0 bridgehead atoms. The van der Waals surface area contributed by atoms with Crippen LogP contribution in [0.5, 0.6) is 0 Å². The van der Waals surface area contributed by atoms with E-state index in [0.717, 1.165) is 0 Å². The number of carbonyl (C=O) groups excluding carboxylic acids is 2. The number of halogens is 4. The van der Waals surface area contributed by atoms with Crippen LogP contribution in [0.2, 0.25) is 20.1 Å². The zero-order valence-corrected chi connectivity index (χ0v) is 25.2. The Balaban J connectivity index is 2.10. The molecule has 240 valence electrons. The molecule has 6 N–H and O–H groups in total. The van der Waals surface area contributed by atoms with Crippen molar-refractivity contribution in [2.45, 2.75) is 0 Å². The second kappa shape index (κ2) is 12.4. The molecule has 19 heteroatoms. The molecule has 0 heterocycles. The average molecular weight is 728 g/mol. The Kier molecular flexibility index (Phi) is 9.05. The third kappa shape index (κ3) is 5.72. The van der Waals surface area contributed by atoms with E-state index in [1.807, 2.05) is 0 Å². The summed E-state index contributed by atoms with van der Waals surface area (Å²) in [5.41, 5.74) is -7.81. The molecule has 47 heavy (non-hydrogen) atoms. The molecule has 0 fully saturated rings. The van der Waals surface area contributed by atoms with Crippen molar-refractivity contribution in [3.05, 3.63) is 88.9 Å². The van der Waals surface area contributed by atoms with Crippen molar-refractivity contribution < 1.29 is 73.7 Å². The van der Waals surface area contributed by atoms with E-state index in [1.54, 1.807) is 0 Å². The van der Waals surface area contributed by atoms with Gasteiger partial charge in [0.05, 0.1) is 64.6 Å². The first-order valence-corrected chi connectivity index (χ1v) is 13.5. The maximum atomic E-state index is 13.5. The predicted molar refractivity (Wildman–Crippen MR) is 159 cm³/mol. The van der Waals surface area contributed by atoms with Gasteiger partial charge in [0.1, 0.15) is 0 Å². The molecule has 0 atom stereocenters. The van der Waals surface area contributed by atoms with E-state index in [2.05, 4.69) is 0 Å². The number of benzene rings is 4. The molecule has 0 saturated heterocycles. The van der Waals surface area contributed by atoms with Gasteiger partial charge < -0.3 is 35.4 Å². The van der Waals surface area contributed by atoms with Gasteiger partial charge in [0, 0.05) is 21.5 Å². The van der Waals surface area contributed by atoms with Gasteiger partial charge >= 0.3 is 47.8 Å². The van der Waals surface area contributed by atoms with Gasteiger partial charge in [0.15, 0.2) is 0 Å². The maximum absolute atomic E-state index is 13.5. The molecule has 15 nitrogen and oxygen atoms in total. The lowest BCUT2D eigenvalue weighted by Gasteiger charge is -2.17. The number of carboxylic acid groups (broad SMARTS) is 6. The molecule has 0 amide bonds. The molecule has 0 radical (unpaired) electrons. The number of aromatic carboxylic acids is 6. The van der Waals surface area contributed by atoms with E-state index in [1.165, 1.54) is 0 Å². The second-order valence-electron chi connectivity index (χ2n) is 9.13. The van der Waals surface area contributed by atoms with Crippen molar-refractivity contribution in [2.24, 2.45) is 0 Å². The molecule has 0 aliphatic heterocycles. The summed E-state index contributed by atoms with van der Waals surface area (Å²) < 4.78 is 4.84. The number of hydrogen-bond donors (Lipinski definition) is 6. The minimum Gasteiger partial charge on any atom is -0.478 e. The lowest BCUT2D eigenvalue weighted by Crippen LogP contribution is -2.19. The number of hydrogen-bond acceptors (Lipinski definition) is 9. The van der Waals surface area contributed by atoms with Crippen LogP contribution in [0.15, 0.2) is 24.3 Å². The van der Waals surface area contributed by atoms with Crippen LogP contribution in [0.3, 0.4) is 0 Å². The molecular weight excluding hydrogens is 718 g/mol. The van der Waals surface area contributed by atoms with Crippen molar-refractivity contribution in [1.82, 2.24) is 0 Å². The van der Waals surface area contributed by atoms with Gasteiger partial charge in [0.2, 0.25) is 0 Å². The topological polar surface area (TPSA) is 267 Å². The van der Waals surface area contributed by atoms with Crippen LogP contribution in [0.25, 0.3) is 21.5 Å². The fourth-order valence-electron chi connectivity index (χ4n) is 4.82. The van der Waals surface area contributed by atoms with Gasteiger partial charge in [-0.25, -0.2) is 38.4 Å². The zero-order valence-electron chi connectivity index (χ0n) is 22.2. The molecule has 0 aromatic heterocycles. The van der Waals surface area contributed by atoms with Crippen molar-refractivity contribution in [1.29, 1.82) is 0 Å². The first kappa shape index (κ1) is 34.4. The Hall–Kier alpha value is -5.48. The minimum atomic E-state index is -1.87. The van der Waals surface area contributed by atoms with Crippen LogP contribution in [0, 0.1) is 0 Å². The zero-order chi connectivity index (χ0) is 35.4. The summed E-state index contributed by atoms with van der Waals surface area (Å²) in [4.78, 5) is 99.6. The number of ether oxygens (including phenoxy) is 1. The highest BCUT2D eigenvalue weighted by Crippen LogP contribution is 2.41. The highest BCUT2D eigenvalue weighted by Gasteiger charge is 2.34. The van der Waals surface area contributed by atoms with E-state index in [4.69, 9.17) is 51.1 Å². The predicted octanol–water partition coefficient (Wildman–Crippen LogP) is 5.79. The number of carbonyl (C=O) groups is 8. The van der Waals surface area contributed by atoms with Crippen LogP contribution in [-0.2, 0) is 4.74 Å². The highest BCUT2D eigenvalue weighted by molar-refractivity contribution is 6.42. The standard InChI is InChI=1S/C28H10Cl4O15/c29-9-1-7(23(37)38)15-13(17(9)25(41)42)5(21(33)34)3-11(31)19(15)27(45)47-28(46)20-12(32)4-6(22(35)36)14-16(20)8(24(39)40)2-10(30)18(14)26(43)44/h1-4H,(H,33,34)(H,35,36)(H,37,38)(H,39,40)(H,41,42)(H,43,44). The average Bonchev–Trinajstić information content (AvgIpc) is 2.94. The Bertz CT molecular complexity index is 2070. The Morgan fingerprint density at radius 1 is 0.383 bits per heavy atom. The van der Waals surface area contributed by atoms with Crippen molar-refractivity contribution in [2.75, 3.05) is 0 Å². The second-order valence-corrected chi connectivity index (χ2v) is 10.8. The molecule has 4 rings (SSSR count). The molecule has 0 aliphatic carbocycles. The summed E-state index contributed by atoms with van der Waals surface area (Å²) in [6.45, 7) is 0. The van der Waals surface area contributed by atoms with Crippen LogP contribution in [0.4, 0.5) is 0 Å². The largest absolute Gasteiger partial charge is 0.478 e. The smallest absolute Gasteiger partial charge is 0.348 e. The quantitative estimate of drug-likeness (QED) is 0.0925. The van der Waals surface area contributed by atoms with Gasteiger partial charge in [-0.05, 0) is 24.3 Å². The first-order valence-electron chi connectivity index (χ1n) is 11.9. The van der Waals surface area contributed by atoms with E-state index < -0.39 is 134 Å². The summed E-state index contributed by atoms with van der Waals surface area (Å²) in [6.07, 6.45) is 0. The molecular formula is C28H10Cl4O15. The Morgan fingerprint density at radius 3 is 0.809 bits per heavy atom. The SMILES string of the molecule is O=C(O)c1cc(Cl)c(C(=O)OC(=O)c2c(Cl)cc(C(=O)O)c3c(C(=O)O)c(Cl)cc(C(=O)O)c23)c2c(C(=O)O)cc(Cl)c(C(=O)O)c12. The fraction of sp³-hybridized carbons (Fsp3) is 0. The summed E-state index contributed by atoms with van der Waals surface area (Å²) >= 11 is 24.2. The lowest BCUT2D eigenvalue weighted by atomic mass is 9.90. The number of fused-ring (bicyclic) bond motifs is 2. The van der Waals surface area contributed by atoms with Gasteiger partial charge in [-0.3, -0.25) is 0 Å². The Labute approximate surface area is 277 Å². The third-order valence-electron chi connectivity index (χ3n) is 6.56. The summed E-state index contributed by atoms with van der Waals surface area (Å²) in [5, 5.41) is 51.7. The fourth-order valence-corrected chi connectivity index (χ4v) is 5.95. The van der Waals surface area contributed by atoms with Crippen LogP contribution < -0.4 is 0 Å². The van der Waals surface area contributed by atoms with Gasteiger partial charge in [-0.15, -0.1) is 0 Å². The Morgan fingerprint density at radius 2 is 0.596 bits per heavy atom. The van der Waals surface area contributed by atoms with Crippen LogP contribution in [0.1, 0.15) is 82.9 Å². The van der Waals surface area contributed by atoms with E-state index in [9.17, 15) is 69.0 Å². The van der Waals surface area contributed by atoms with E-state index >= 15 is 0 Å². The molecule has 4 aromatic rings. The molecule has 0 unspecified atom stereocenters. The minimum absolute atomic E-state index is 0.551. The van der Waals surface area contributed by atoms with Gasteiger partial charge in [-0.1, -0.05) is 46.4 Å². The number of rotatable bonds is 8. The van der Waals surface area contributed by atoms with E-state index in [-0.39, 0.29) is 0 Å². The van der Waals surface area contributed by atoms with Gasteiger partial charge in [-0.2, -0.15) is 0 Å². The molecule has 0 spiro atoms. The summed E-state index contributed by atoms with van der Waals surface area (Å²) in [7, 11) is 0. The number of esters is 2. The summed E-state index contributed by atoms with van der Waals surface area (Å²) in [6, 6.07) is 2.24. The molecule has 0 aliphatic rings. The normalized spacial score (nSPS) is 10.9. The first-order chi connectivity index (χ1) is 21.8. The lowest BCUT2D eigenvalue weighted by molar-refractivity contribution is 0.0397. The van der Waals surface area contributed by atoms with Gasteiger partial charge in [0.25, 0.3) is 0 Å². The van der Waals surface area contributed by atoms with Crippen LogP contribution in [-0.4, -0.2) is 78.4 Å². The molecule has 4 aromatic carbocycles. The summed E-state index contributed by atoms with van der Waals surface area (Å²) in [5.74, 6) is -14.8. The van der Waals surface area contributed by atoms with Crippen molar-refractivity contribution >= 4 is 116 Å². The monoisotopic (exact) mass is 726 g/mol. The van der Waals surface area contributed by atoms with Crippen molar-refractivity contribution in [3.8, 4) is 0 Å². The van der Waals surface area contributed by atoms with Crippen molar-refractivity contribution in [3.63, 3.8) is 0 Å². The van der Waals surface area contributed by atoms with E-state index in [0.29, 0.717) is 24.3 Å². The van der Waals surface area contributed by atoms with Crippen LogP contribution >= 0.6 is 46.4 Å². The third-order valence-corrected chi connectivity index (χ3v) is 7.75. The molecule has 0 saturated carbocycles. The maximum Gasteiger partial charge on any atom is 0.348 e.